The van der Waals surface area contributed by atoms with Crippen LogP contribution >= 0.6 is 12.6 Å². The Balaban J connectivity index is 2.94. The fourth-order valence-corrected chi connectivity index (χ4v) is 1.59. The third-order valence-electron chi connectivity index (χ3n) is 2.00. The monoisotopic (exact) mass is 175 g/mol. The summed E-state index contributed by atoms with van der Waals surface area (Å²) in [5.41, 5.74) is 1.25. The van der Waals surface area contributed by atoms with E-state index in [1.807, 2.05) is 12.3 Å². The highest BCUT2D eigenvalue weighted by Crippen LogP contribution is 2.22. The predicted molar refractivity (Wildman–Crippen MR) is 53.7 cm³/mol. The van der Waals surface area contributed by atoms with E-state index in [1.54, 1.807) is 6.20 Å². The summed E-state index contributed by atoms with van der Waals surface area (Å²) in [4.78, 5) is 5.04. The summed E-state index contributed by atoms with van der Waals surface area (Å²) in [7, 11) is 0. The zero-order valence-corrected chi connectivity index (χ0v) is 7.68. The standard InChI is InChI=1S/C10H9NS/c1-7-3-2-4-8-9(7)5-11-6-10(8)12/h2-6,12H,1H3. The maximum atomic E-state index is 4.34. The lowest BCUT2D eigenvalue weighted by Crippen LogP contribution is -1.81. The van der Waals surface area contributed by atoms with Crippen molar-refractivity contribution in [3.05, 3.63) is 36.2 Å². The van der Waals surface area contributed by atoms with Crippen molar-refractivity contribution >= 4 is 23.4 Å². The molecule has 1 nitrogen and oxygen atoms in total. The van der Waals surface area contributed by atoms with Gasteiger partial charge in [-0.1, -0.05) is 18.2 Å². The maximum Gasteiger partial charge on any atom is 0.0407 e. The highest BCUT2D eigenvalue weighted by atomic mass is 32.1. The van der Waals surface area contributed by atoms with Gasteiger partial charge in [-0.15, -0.1) is 12.6 Å². The number of fused-ring (bicyclic) bond motifs is 1. The minimum Gasteiger partial charge on any atom is -0.263 e. The van der Waals surface area contributed by atoms with Crippen molar-refractivity contribution in [2.75, 3.05) is 0 Å². The number of aromatic nitrogens is 1. The first-order valence-electron chi connectivity index (χ1n) is 3.81. The van der Waals surface area contributed by atoms with E-state index in [0.29, 0.717) is 0 Å². The second-order valence-electron chi connectivity index (χ2n) is 2.83. The van der Waals surface area contributed by atoms with Crippen molar-refractivity contribution in [2.45, 2.75) is 11.8 Å². The van der Waals surface area contributed by atoms with E-state index < -0.39 is 0 Å². The Morgan fingerprint density at radius 3 is 2.75 bits per heavy atom. The molecule has 0 saturated heterocycles. The van der Waals surface area contributed by atoms with Gasteiger partial charge in [0.2, 0.25) is 0 Å². The Hall–Kier alpha value is -1.02. The minimum absolute atomic E-state index is 0.941. The van der Waals surface area contributed by atoms with Crippen LogP contribution in [-0.2, 0) is 0 Å². The highest BCUT2D eigenvalue weighted by Gasteiger charge is 1.98. The molecule has 0 saturated carbocycles. The lowest BCUT2D eigenvalue weighted by Gasteiger charge is -2.02. The molecule has 0 aliphatic carbocycles. The van der Waals surface area contributed by atoms with Crippen molar-refractivity contribution in [1.82, 2.24) is 4.98 Å². The Kier molecular flexibility index (Phi) is 1.77. The van der Waals surface area contributed by atoms with Gasteiger partial charge in [0.15, 0.2) is 0 Å². The summed E-state index contributed by atoms with van der Waals surface area (Å²) in [5, 5.41) is 2.36. The fourth-order valence-electron chi connectivity index (χ4n) is 1.33. The molecule has 0 bridgehead atoms. The van der Waals surface area contributed by atoms with Crippen molar-refractivity contribution in [2.24, 2.45) is 0 Å². The quantitative estimate of drug-likeness (QED) is 0.607. The van der Waals surface area contributed by atoms with Crippen molar-refractivity contribution in [1.29, 1.82) is 0 Å². The van der Waals surface area contributed by atoms with E-state index >= 15 is 0 Å². The van der Waals surface area contributed by atoms with Gasteiger partial charge in [0.1, 0.15) is 0 Å². The van der Waals surface area contributed by atoms with Gasteiger partial charge in [-0.25, -0.2) is 0 Å². The molecule has 1 heterocycles. The number of aryl methyl sites for hydroxylation is 1. The zero-order chi connectivity index (χ0) is 8.55. The minimum atomic E-state index is 0.941. The Morgan fingerprint density at radius 1 is 1.17 bits per heavy atom. The second-order valence-corrected chi connectivity index (χ2v) is 3.31. The van der Waals surface area contributed by atoms with Gasteiger partial charge in [0.25, 0.3) is 0 Å². The van der Waals surface area contributed by atoms with E-state index in [0.717, 1.165) is 4.90 Å². The van der Waals surface area contributed by atoms with Gasteiger partial charge < -0.3 is 0 Å². The second kappa shape index (κ2) is 2.79. The molecule has 12 heavy (non-hydrogen) atoms. The van der Waals surface area contributed by atoms with Crippen molar-refractivity contribution in [3.8, 4) is 0 Å². The fraction of sp³-hybridized carbons (Fsp3) is 0.100. The van der Waals surface area contributed by atoms with Gasteiger partial charge in [-0.05, 0) is 17.9 Å². The summed E-state index contributed by atoms with van der Waals surface area (Å²) < 4.78 is 0. The first kappa shape index (κ1) is 7.62. The maximum absolute atomic E-state index is 4.34. The summed E-state index contributed by atoms with van der Waals surface area (Å²) >= 11 is 4.34. The van der Waals surface area contributed by atoms with Gasteiger partial charge in [0, 0.05) is 22.7 Å². The Labute approximate surface area is 76.9 Å². The first-order valence-corrected chi connectivity index (χ1v) is 4.26. The molecule has 2 aromatic rings. The third kappa shape index (κ3) is 1.08. The van der Waals surface area contributed by atoms with Crippen molar-refractivity contribution < 1.29 is 0 Å². The van der Waals surface area contributed by atoms with Crippen molar-refractivity contribution in [3.63, 3.8) is 0 Å². The van der Waals surface area contributed by atoms with Gasteiger partial charge in [0.05, 0.1) is 0 Å². The molecule has 1 aromatic carbocycles. The van der Waals surface area contributed by atoms with Crippen LogP contribution in [0.5, 0.6) is 0 Å². The number of pyridine rings is 1. The molecule has 0 unspecified atom stereocenters. The van der Waals surface area contributed by atoms with E-state index in [4.69, 9.17) is 0 Å². The first-order chi connectivity index (χ1) is 5.79. The zero-order valence-electron chi connectivity index (χ0n) is 6.78. The molecule has 60 valence electrons. The molecular formula is C10H9NS. The van der Waals surface area contributed by atoms with E-state index in [1.165, 1.54) is 16.3 Å². The highest BCUT2D eigenvalue weighted by molar-refractivity contribution is 7.80. The lowest BCUT2D eigenvalue weighted by atomic mass is 10.1. The SMILES string of the molecule is Cc1cccc2c(S)cncc12. The van der Waals surface area contributed by atoms with E-state index in [9.17, 15) is 0 Å². The summed E-state index contributed by atoms with van der Waals surface area (Å²) in [6.45, 7) is 2.08. The molecule has 2 rings (SSSR count). The van der Waals surface area contributed by atoms with Crippen LogP contribution in [0.1, 0.15) is 5.56 Å². The number of hydrogen-bond donors (Lipinski definition) is 1. The molecule has 2 heteroatoms. The summed E-state index contributed by atoms with van der Waals surface area (Å²) in [6.07, 6.45) is 3.65. The number of hydrogen-bond acceptors (Lipinski definition) is 2. The van der Waals surface area contributed by atoms with Crippen LogP contribution in [0.4, 0.5) is 0 Å². The number of rotatable bonds is 0. The number of thiol groups is 1. The average Bonchev–Trinajstić information content (AvgIpc) is 2.07. The molecular weight excluding hydrogens is 166 g/mol. The number of nitrogens with zero attached hydrogens (tertiary/aromatic N) is 1. The van der Waals surface area contributed by atoms with Gasteiger partial charge >= 0.3 is 0 Å². The van der Waals surface area contributed by atoms with Crippen LogP contribution in [0, 0.1) is 6.92 Å². The largest absolute Gasteiger partial charge is 0.263 e. The van der Waals surface area contributed by atoms with Gasteiger partial charge in [-0.3, -0.25) is 4.98 Å². The van der Waals surface area contributed by atoms with Crippen LogP contribution in [0.2, 0.25) is 0 Å². The summed E-state index contributed by atoms with van der Waals surface area (Å²) in [6, 6.07) is 6.18. The molecule has 0 radical (unpaired) electrons. The van der Waals surface area contributed by atoms with Crippen LogP contribution in [-0.4, -0.2) is 4.98 Å². The van der Waals surface area contributed by atoms with E-state index in [2.05, 4.69) is 36.7 Å². The topological polar surface area (TPSA) is 12.9 Å². The number of benzene rings is 1. The molecule has 0 atom stereocenters. The predicted octanol–water partition coefficient (Wildman–Crippen LogP) is 2.83. The van der Waals surface area contributed by atoms with Crippen LogP contribution in [0.3, 0.4) is 0 Å². The average molecular weight is 175 g/mol. The molecule has 0 amide bonds. The van der Waals surface area contributed by atoms with Crippen LogP contribution < -0.4 is 0 Å². The molecule has 1 aromatic heterocycles. The molecule has 0 fully saturated rings. The molecule has 0 N–H and O–H groups in total. The smallest absolute Gasteiger partial charge is 0.0407 e. The van der Waals surface area contributed by atoms with E-state index in [-0.39, 0.29) is 0 Å². The van der Waals surface area contributed by atoms with Crippen LogP contribution in [0.15, 0.2) is 35.5 Å². The molecule has 0 spiro atoms. The lowest BCUT2D eigenvalue weighted by molar-refractivity contribution is 1.28. The molecule has 0 aliphatic rings. The molecule has 0 aliphatic heterocycles. The summed E-state index contributed by atoms with van der Waals surface area (Å²) in [5.74, 6) is 0. The van der Waals surface area contributed by atoms with Crippen LogP contribution in [0.25, 0.3) is 10.8 Å². The van der Waals surface area contributed by atoms with Gasteiger partial charge in [-0.2, -0.15) is 0 Å². The Bertz CT molecular complexity index is 382. The third-order valence-corrected chi connectivity index (χ3v) is 2.36. The Morgan fingerprint density at radius 2 is 2.00 bits per heavy atom. The normalized spacial score (nSPS) is 10.5.